The van der Waals surface area contributed by atoms with E-state index in [1.807, 2.05) is 5.32 Å². The van der Waals surface area contributed by atoms with Crippen LogP contribution >= 0.6 is 0 Å². The molecule has 0 aliphatic carbocycles. The molecule has 9 heteroatoms. The summed E-state index contributed by atoms with van der Waals surface area (Å²) in [6.45, 7) is -1.48. The van der Waals surface area contributed by atoms with Gasteiger partial charge in [0, 0.05) is 20.4 Å². The number of hydrogen-bond acceptors (Lipinski definition) is 3. The smallest absolute Gasteiger partial charge is 0.387 e. The number of halogens is 6. The van der Waals surface area contributed by atoms with Crippen LogP contribution in [0.1, 0.15) is 0 Å². The molecule has 0 aromatic heterocycles. The molecular weight excluding hydrogens is 266 g/mol. The van der Waals surface area contributed by atoms with Gasteiger partial charge in [0.05, 0.1) is 6.54 Å². The van der Waals surface area contributed by atoms with Crippen molar-refractivity contribution in [2.75, 3.05) is 20.7 Å². The van der Waals surface area contributed by atoms with Crippen LogP contribution in [0.15, 0.2) is 17.3 Å². The maximum Gasteiger partial charge on any atom is 0.428 e. The maximum absolute atomic E-state index is 12.5. The average molecular weight is 278 g/mol. The third kappa shape index (κ3) is 3.62. The third-order valence-electron chi connectivity index (χ3n) is 2.06. The van der Waals surface area contributed by atoms with Gasteiger partial charge in [-0.05, 0) is 12.3 Å². The Bertz CT molecular complexity index is 293. The first-order valence-corrected chi connectivity index (χ1v) is 4.61. The third-order valence-corrected chi connectivity index (χ3v) is 2.06. The van der Waals surface area contributed by atoms with Gasteiger partial charge in [-0.1, -0.05) is 0 Å². The first-order chi connectivity index (χ1) is 8.12. The van der Waals surface area contributed by atoms with Gasteiger partial charge in [0.1, 0.15) is 0 Å². The Balaban J connectivity index is 5.01. The van der Waals surface area contributed by atoms with Crippen LogP contribution < -0.4 is 5.32 Å². The van der Waals surface area contributed by atoms with Crippen LogP contribution in [0.3, 0.4) is 0 Å². The molecule has 0 aromatic rings. The van der Waals surface area contributed by atoms with Crippen molar-refractivity contribution in [2.45, 2.75) is 18.0 Å². The van der Waals surface area contributed by atoms with Crippen molar-refractivity contribution in [1.29, 1.82) is 0 Å². The number of allylic oxidation sites excluding steroid dienone is 1. The van der Waals surface area contributed by atoms with Gasteiger partial charge in [0.2, 0.25) is 0 Å². The fraction of sp³-hybridized carbons (Fsp3) is 0.667. The quantitative estimate of drug-likeness (QED) is 0.618. The number of hydrogen-bond donors (Lipinski definition) is 1. The van der Waals surface area contributed by atoms with Crippen molar-refractivity contribution in [3.63, 3.8) is 0 Å². The van der Waals surface area contributed by atoms with Crippen molar-refractivity contribution in [2.24, 2.45) is 4.99 Å². The molecule has 0 atom stereocenters. The standard InChI is InChI=1S/C9H12F6N2O/c1-16-4-3-5-17-6-7(18-2,8(10,11)12)9(13,14)15/h3-5,17H,6H2,1-2H3/b5-3-,16-4?. The first-order valence-electron chi connectivity index (χ1n) is 4.61. The Hall–Kier alpha value is -1.25. The predicted molar refractivity (Wildman–Crippen MR) is 53.4 cm³/mol. The fourth-order valence-electron chi connectivity index (χ4n) is 1.06. The van der Waals surface area contributed by atoms with E-state index >= 15 is 0 Å². The molecule has 0 aliphatic rings. The number of alkyl halides is 6. The Kier molecular flexibility index (Phi) is 5.65. The highest BCUT2D eigenvalue weighted by Gasteiger charge is 2.71. The van der Waals surface area contributed by atoms with Gasteiger partial charge in [-0.15, -0.1) is 0 Å². The number of nitrogens with zero attached hydrogens (tertiary/aromatic N) is 1. The minimum absolute atomic E-state index is 0.361. The molecule has 0 saturated heterocycles. The number of ether oxygens (including phenoxy) is 1. The van der Waals surface area contributed by atoms with E-state index in [4.69, 9.17) is 0 Å². The lowest BCUT2D eigenvalue weighted by molar-refractivity contribution is -0.371. The molecule has 0 unspecified atom stereocenters. The first kappa shape index (κ1) is 16.8. The largest absolute Gasteiger partial charge is 0.428 e. The van der Waals surface area contributed by atoms with E-state index in [0.717, 1.165) is 12.3 Å². The van der Waals surface area contributed by atoms with Crippen LogP contribution in [0, 0.1) is 0 Å². The van der Waals surface area contributed by atoms with Crippen LogP contribution in [0.2, 0.25) is 0 Å². The summed E-state index contributed by atoms with van der Waals surface area (Å²) in [7, 11) is 1.76. The van der Waals surface area contributed by atoms with Gasteiger partial charge in [-0.2, -0.15) is 26.3 Å². The molecule has 3 nitrogen and oxygen atoms in total. The van der Waals surface area contributed by atoms with E-state index in [2.05, 4.69) is 9.73 Å². The normalized spacial score (nSPS) is 14.7. The van der Waals surface area contributed by atoms with Gasteiger partial charge in [-0.25, -0.2) is 0 Å². The molecule has 0 heterocycles. The van der Waals surface area contributed by atoms with E-state index < -0.39 is 24.5 Å². The van der Waals surface area contributed by atoms with Crippen molar-refractivity contribution < 1.29 is 31.1 Å². The van der Waals surface area contributed by atoms with Gasteiger partial charge in [0.25, 0.3) is 5.60 Å². The van der Waals surface area contributed by atoms with Gasteiger partial charge >= 0.3 is 12.4 Å². The summed E-state index contributed by atoms with van der Waals surface area (Å²) in [5.74, 6) is 0. The minimum Gasteiger partial charge on any atom is -0.387 e. The molecule has 0 amide bonds. The lowest BCUT2D eigenvalue weighted by Crippen LogP contribution is -2.63. The van der Waals surface area contributed by atoms with E-state index in [9.17, 15) is 26.3 Å². The lowest BCUT2D eigenvalue weighted by Gasteiger charge is -2.35. The molecular formula is C9H12F6N2O. The molecule has 0 aliphatic heterocycles. The summed E-state index contributed by atoms with van der Waals surface area (Å²) >= 11 is 0. The van der Waals surface area contributed by atoms with Crippen LogP contribution in [-0.2, 0) is 4.74 Å². The summed E-state index contributed by atoms with van der Waals surface area (Å²) in [5.41, 5.74) is -4.24. The molecule has 18 heavy (non-hydrogen) atoms. The molecule has 0 rings (SSSR count). The van der Waals surface area contributed by atoms with Crippen LogP contribution in [-0.4, -0.2) is 44.9 Å². The molecule has 106 valence electrons. The van der Waals surface area contributed by atoms with E-state index in [0.29, 0.717) is 7.11 Å². The SMILES string of the molecule is CN=C/C=C\NCC(OC)(C(F)(F)F)C(F)(F)F. The zero-order valence-electron chi connectivity index (χ0n) is 9.56. The van der Waals surface area contributed by atoms with Gasteiger partial charge in [-0.3, -0.25) is 4.99 Å². The van der Waals surface area contributed by atoms with Crippen molar-refractivity contribution >= 4 is 6.21 Å². The van der Waals surface area contributed by atoms with E-state index in [-0.39, 0.29) is 0 Å². The molecule has 0 bridgehead atoms. The predicted octanol–water partition coefficient (Wildman–Crippen LogP) is 2.30. The molecule has 0 radical (unpaired) electrons. The Morgan fingerprint density at radius 1 is 1.11 bits per heavy atom. The maximum atomic E-state index is 12.5. The summed E-state index contributed by atoms with van der Waals surface area (Å²) in [6, 6.07) is 0. The minimum atomic E-state index is -5.58. The zero-order valence-corrected chi connectivity index (χ0v) is 9.56. The second-order valence-corrected chi connectivity index (χ2v) is 3.17. The van der Waals surface area contributed by atoms with Crippen molar-refractivity contribution in [3.8, 4) is 0 Å². The topological polar surface area (TPSA) is 33.6 Å². The number of aliphatic imine (C=N–C) groups is 1. The van der Waals surface area contributed by atoms with E-state index in [1.54, 1.807) is 0 Å². The second-order valence-electron chi connectivity index (χ2n) is 3.17. The lowest BCUT2D eigenvalue weighted by atomic mass is 10.0. The molecule has 0 aromatic carbocycles. The van der Waals surface area contributed by atoms with Crippen LogP contribution in [0.5, 0.6) is 0 Å². The zero-order chi connectivity index (χ0) is 14.4. The molecule has 1 N–H and O–H groups in total. The summed E-state index contributed by atoms with van der Waals surface area (Å²) in [6.07, 6.45) is -7.90. The number of rotatable bonds is 5. The summed E-state index contributed by atoms with van der Waals surface area (Å²) in [4.78, 5) is 3.46. The monoisotopic (exact) mass is 278 g/mol. The highest BCUT2D eigenvalue weighted by atomic mass is 19.4. The Labute approximate surface area is 99.5 Å². The summed E-state index contributed by atoms with van der Waals surface area (Å²) in [5, 5.41) is 1.89. The van der Waals surface area contributed by atoms with Gasteiger partial charge < -0.3 is 10.1 Å². The molecule has 0 saturated carbocycles. The fourth-order valence-corrected chi connectivity index (χ4v) is 1.06. The molecule has 0 spiro atoms. The molecule has 0 fully saturated rings. The van der Waals surface area contributed by atoms with E-state index in [1.165, 1.54) is 13.3 Å². The second kappa shape index (κ2) is 6.07. The number of nitrogens with one attached hydrogen (secondary N) is 1. The van der Waals surface area contributed by atoms with Crippen molar-refractivity contribution in [3.05, 3.63) is 12.3 Å². The highest BCUT2D eigenvalue weighted by Crippen LogP contribution is 2.45. The highest BCUT2D eigenvalue weighted by molar-refractivity contribution is 5.70. The Morgan fingerprint density at radius 3 is 1.94 bits per heavy atom. The van der Waals surface area contributed by atoms with Crippen LogP contribution in [0.4, 0.5) is 26.3 Å². The van der Waals surface area contributed by atoms with Gasteiger partial charge in [0.15, 0.2) is 0 Å². The van der Waals surface area contributed by atoms with Crippen molar-refractivity contribution in [1.82, 2.24) is 5.32 Å². The summed E-state index contributed by atoms with van der Waals surface area (Å²) < 4.78 is 78.8. The van der Waals surface area contributed by atoms with Crippen LogP contribution in [0.25, 0.3) is 0 Å². The average Bonchev–Trinajstić information content (AvgIpc) is 2.19. The Morgan fingerprint density at radius 2 is 1.61 bits per heavy atom. The number of methoxy groups -OCH3 is 1.